The van der Waals surface area contributed by atoms with Crippen molar-refractivity contribution in [3.05, 3.63) is 60.2 Å². The summed E-state index contributed by atoms with van der Waals surface area (Å²) in [5.74, 6) is 0.443. The Labute approximate surface area is 118 Å². The standard InChI is InChI=1S/C16H16NO3/c18-11-10-13-6-8-14(9-7-13)17-16(19)12-20-15-4-2-1-3-5-15/h1-9H,10-12H2,(H,17,19). The molecule has 2 aromatic carbocycles. The van der Waals surface area contributed by atoms with Gasteiger partial charge in [-0.05, 0) is 36.2 Å². The van der Waals surface area contributed by atoms with Crippen LogP contribution in [0.4, 0.5) is 5.69 Å². The zero-order chi connectivity index (χ0) is 14.2. The minimum atomic E-state index is -0.217. The monoisotopic (exact) mass is 270 g/mol. The summed E-state index contributed by atoms with van der Waals surface area (Å²) in [5.41, 5.74) is 1.67. The minimum absolute atomic E-state index is 0.0354. The normalized spacial score (nSPS) is 10.1. The number of hydrogen-bond donors (Lipinski definition) is 1. The van der Waals surface area contributed by atoms with Crippen LogP contribution in [0.1, 0.15) is 5.56 Å². The van der Waals surface area contributed by atoms with Gasteiger partial charge in [0, 0.05) is 5.69 Å². The maximum atomic E-state index is 11.7. The second-order valence-electron chi connectivity index (χ2n) is 4.30. The van der Waals surface area contributed by atoms with E-state index in [0.29, 0.717) is 17.9 Å². The number of carbonyl (C=O) groups excluding carboxylic acids is 1. The van der Waals surface area contributed by atoms with Crippen LogP contribution >= 0.6 is 0 Å². The Morgan fingerprint density at radius 2 is 1.70 bits per heavy atom. The summed E-state index contributed by atoms with van der Waals surface area (Å²) < 4.78 is 5.35. The Bertz CT molecular complexity index is 537. The van der Waals surface area contributed by atoms with Crippen molar-refractivity contribution in [3.8, 4) is 5.75 Å². The first-order valence-corrected chi connectivity index (χ1v) is 6.42. The Morgan fingerprint density at radius 1 is 1.00 bits per heavy atom. The van der Waals surface area contributed by atoms with Gasteiger partial charge in [0.15, 0.2) is 6.61 Å². The number of anilines is 1. The van der Waals surface area contributed by atoms with Crippen molar-refractivity contribution in [2.75, 3.05) is 18.5 Å². The largest absolute Gasteiger partial charge is 0.484 e. The maximum absolute atomic E-state index is 11.7. The van der Waals surface area contributed by atoms with Crippen LogP contribution in [0.15, 0.2) is 54.6 Å². The van der Waals surface area contributed by atoms with Crippen molar-refractivity contribution in [2.24, 2.45) is 0 Å². The molecule has 0 aliphatic rings. The number of rotatable bonds is 6. The van der Waals surface area contributed by atoms with Crippen LogP contribution in [0.3, 0.4) is 0 Å². The van der Waals surface area contributed by atoms with E-state index in [4.69, 9.17) is 4.74 Å². The fourth-order valence-electron chi connectivity index (χ4n) is 1.74. The van der Waals surface area contributed by atoms with E-state index >= 15 is 0 Å². The van der Waals surface area contributed by atoms with Crippen molar-refractivity contribution in [3.63, 3.8) is 0 Å². The van der Waals surface area contributed by atoms with E-state index in [0.717, 1.165) is 5.56 Å². The Hall–Kier alpha value is -2.33. The van der Waals surface area contributed by atoms with Gasteiger partial charge in [0.1, 0.15) is 5.75 Å². The second-order valence-corrected chi connectivity index (χ2v) is 4.30. The molecule has 1 amide bonds. The first-order valence-electron chi connectivity index (χ1n) is 6.42. The molecule has 1 N–H and O–H groups in total. The lowest BCUT2D eigenvalue weighted by atomic mass is 10.1. The highest BCUT2D eigenvalue weighted by atomic mass is 16.5. The molecule has 0 aliphatic heterocycles. The predicted octanol–water partition coefficient (Wildman–Crippen LogP) is 2.68. The third-order valence-corrected chi connectivity index (χ3v) is 2.74. The molecule has 0 heterocycles. The van der Waals surface area contributed by atoms with Gasteiger partial charge in [0.25, 0.3) is 5.91 Å². The van der Waals surface area contributed by atoms with Crippen molar-refractivity contribution in [2.45, 2.75) is 6.42 Å². The number of amides is 1. The average molecular weight is 270 g/mol. The number of para-hydroxylation sites is 1. The van der Waals surface area contributed by atoms with Crippen molar-refractivity contribution < 1.29 is 14.6 Å². The molecule has 1 radical (unpaired) electrons. The van der Waals surface area contributed by atoms with E-state index in [-0.39, 0.29) is 19.1 Å². The van der Waals surface area contributed by atoms with E-state index in [9.17, 15) is 9.90 Å². The zero-order valence-electron chi connectivity index (χ0n) is 11.0. The summed E-state index contributed by atoms with van der Waals surface area (Å²) >= 11 is 0. The molecule has 0 saturated carbocycles. The van der Waals surface area contributed by atoms with Crippen LogP contribution < -0.4 is 10.1 Å². The second kappa shape index (κ2) is 7.31. The molecule has 0 fully saturated rings. The lowest BCUT2D eigenvalue weighted by Gasteiger charge is -2.08. The number of carbonyl (C=O) groups is 1. The molecule has 4 heteroatoms. The van der Waals surface area contributed by atoms with Gasteiger partial charge in [-0.3, -0.25) is 4.79 Å². The SMILES string of the molecule is [O]CCc1ccc(NC(=O)COc2ccccc2)cc1. The number of hydrogen-bond acceptors (Lipinski definition) is 2. The van der Waals surface area contributed by atoms with Crippen molar-refractivity contribution >= 4 is 11.6 Å². The van der Waals surface area contributed by atoms with E-state index in [2.05, 4.69) is 5.32 Å². The molecule has 0 bridgehead atoms. The van der Waals surface area contributed by atoms with Crippen LogP contribution in [-0.2, 0) is 16.3 Å². The van der Waals surface area contributed by atoms with Crippen molar-refractivity contribution in [1.82, 2.24) is 0 Å². The third kappa shape index (κ3) is 4.40. The van der Waals surface area contributed by atoms with E-state index in [1.165, 1.54) is 0 Å². The molecule has 0 unspecified atom stereocenters. The van der Waals surface area contributed by atoms with E-state index in [1.54, 1.807) is 24.3 Å². The summed E-state index contributed by atoms with van der Waals surface area (Å²) in [6.07, 6.45) is 0.505. The van der Waals surface area contributed by atoms with Crippen molar-refractivity contribution in [1.29, 1.82) is 0 Å². The van der Waals surface area contributed by atoms with Gasteiger partial charge in [-0.2, -0.15) is 0 Å². The minimum Gasteiger partial charge on any atom is -0.484 e. The zero-order valence-corrected chi connectivity index (χ0v) is 11.0. The van der Waals surface area contributed by atoms with E-state index < -0.39 is 0 Å². The summed E-state index contributed by atoms with van der Waals surface area (Å²) in [4.78, 5) is 11.7. The van der Waals surface area contributed by atoms with Gasteiger partial charge in [-0.1, -0.05) is 30.3 Å². The lowest BCUT2D eigenvalue weighted by molar-refractivity contribution is -0.118. The number of nitrogens with one attached hydrogen (secondary N) is 1. The molecule has 2 rings (SSSR count). The van der Waals surface area contributed by atoms with Gasteiger partial charge in [-0.15, -0.1) is 0 Å². The van der Waals surface area contributed by atoms with Gasteiger partial charge >= 0.3 is 0 Å². The van der Waals surface area contributed by atoms with Gasteiger partial charge < -0.3 is 10.1 Å². The molecule has 0 spiro atoms. The maximum Gasteiger partial charge on any atom is 0.262 e. The Morgan fingerprint density at radius 3 is 2.35 bits per heavy atom. The summed E-state index contributed by atoms with van der Waals surface area (Å²) in [6, 6.07) is 16.4. The lowest BCUT2D eigenvalue weighted by Crippen LogP contribution is -2.20. The smallest absolute Gasteiger partial charge is 0.262 e. The predicted molar refractivity (Wildman–Crippen MR) is 76.3 cm³/mol. The van der Waals surface area contributed by atoms with Gasteiger partial charge in [0.05, 0.1) is 6.61 Å². The molecule has 0 saturated heterocycles. The van der Waals surface area contributed by atoms with Crippen LogP contribution in [0.2, 0.25) is 0 Å². The molecule has 0 atom stereocenters. The topological polar surface area (TPSA) is 58.2 Å². The van der Waals surface area contributed by atoms with Crippen LogP contribution in [-0.4, -0.2) is 19.1 Å². The van der Waals surface area contributed by atoms with Gasteiger partial charge in [-0.25, -0.2) is 5.11 Å². The first-order chi connectivity index (χ1) is 9.78. The number of benzene rings is 2. The Balaban J connectivity index is 1.82. The highest BCUT2D eigenvalue weighted by Gasteiger charge is 2.03. The molecule has 0 aromatic heterocycles. The summed E-state index contributed by atoms with van der Waals surface area (Å²) in [6.45, 7) is -0.164. The fraction of sp³-hybridized carbons (Fsp3) is 0.188. The van der Waals surface area contributed by atoms with Crippen LogP contribution in [0.25, 0.3) is 0 Å². The quantitative estimate of drug-likeness (QED) is 0.877. The highest BCUT2D eigenvalue weighted by molar-refractivity contribution is 5.91. The average Bonchev–Trinajstić information content (AvgIpc) is 2.49. The number of ether oxygens (including phenoxy) is 1. The Kier molecular flexibility index (Phi) is 5.15. The third-order valence-electron chi connectivity index (χ3n) is 2.74. The fourth-order valence-corrected chi connectivity index (χ4v) is 1.74. The molecule has 2 aromatic rings. The van der Waals surface area contributed by atoms with Crippen LogP contribution in [0, 0.1) is 0 Å². The summed E-state index contributed by atoms with van der Waals surface area (Å²) in [5, 5.41) is 13.2. The molecular weight excluding hydrogens is 254 g/mol. The van der Waals surface area contributed by atoms with E-state index in [1.807, 2.05) is 30.3 Å². The molecule has 0 aliphatic carbocycles. The highest BCUT2D eigenvalue weighted by Crippen LogP contribution is 2.11. The molecule has 103 valence electrons. The van der Waals surface area contributed by atoms with Crippen LogP contribution in [0.5, 0.6) is 5.75 Å². The molecule has 4 nitrogen and oxygen atoms in total. The summed E-state index contributed by atoms with van der Waals surface area (Å²) in [7, 11) is 0. The first kappa shape index (κ1) is 14.1. The van der Waals surface area contributed by atoms with Gasteiger partial charge in [0.2, 0.25) is 0 Å². The molecule has 20 heavy (non-hydrogen) atoms. The molecular formula is C16H16NO3.